The molecule has 0 spiro atoms. The molecule has 0 atom stereocenters. The van der Waals surface area contributed by atoms with Crippen LogP contribution in [0.3, 0.4) is 0 Å². The molecule has 4 aromatic rings. The van der Waals surface area contributed by atoms with Gasteiger partial charge < -0.3 is 20.7 Å². The Labute approximate surface area is 188 Å². The predicted octanol–water partition coefficient (Wildman–Crippen LogP) is 4.86. The van der Waals surface area contributed by atoms with Crippen LogP contribution in [0.25, 0.3) is 20.7 Å². The Hall–Kier alpha value is -2.94. The van der Waals surface area contributed by atoms with Crippen molar-refractivity contribution < 1.29 is 9.53 Å². The molecular formula is C23H22N4O2S2. The van der Waals surface area contributed by atoms with E-state index in [0.717, 1.165) is 51.6 Å². The number of rotatable bonds is 4. The molecule has 4 heterocycles. The minimum absolute atomic E-state index is 0.224. The maximum atomic E-state index is 13.1. The lowest BCUT2D eigenvalue weighted by atomic mass is 9.96. The molecule has 0 radical (unpaired) electrons. The van der Waals surface area contributed by atoms with Gasteiger partial charge in [-0.25, -0.2) is 4.98 Å². The second-order valence-corrected chi connectivity index (χ2v) is 9.53. The number of nitrogen functional groups attached to an aromatic ring is 1. The third-order valence-corrected chi connectivity index (χ3v) is 7.53. The fraction of sp³-hybridized carbons (Fsp3) is 0.217. The van der Waals surface area contributed by atoms with Gasteiger partial charge in [0.1, 0.15) is 15.5 Å². The summed E-state index contributed by atoms with van der Waals surface area (Å²) in [5.41, 5.74) is 11.2. The number of nitrogens with two attached hydrogens (primary N) is 1. The summed E-state index contributed by atoms with van der Waals surface area (Å²) in [5.74, 6) is 0.512. The Bertz CT molecular complexity index is 1260. The minimum atomic E-state index is -0.224. The van der Waals surface area contributed by atoms with E-state index >= 15 is 0 Å². The molecule has 31 heavy (non-hydrogen) atoms. The molecule has 8 heteroatoms. The van der Waals surface area contributed by atoms with Gasteiger partial charge in [-0.15, -0.1) is 22.7 Å². The van der Waals surface area contributed by atoms with Gasteiger partial charge in [-0.2, -0.15) is 0 Å². The number of carbonyl (C=O) groups is 1. The van der Waals surface area contributed by atoms with E-state index in [2.05, 4.69) is 28.7 Å². The van der Waals surface area contributed by atoms with Crippen molar-refractivity contribution in [2.45, 2.75) is 13.0 Å². The molecule has 6 nitrogen and oxygen atoms in total. The molecule has 0 fully saturated rings. The summed E-state index contributed by atoms with van der Waals surface area (Å²) in [7, 11) is 3.73. The number of fused-ring (bicyclic) bond motifs is 2. The third kappa shape index (κ3) is 3.56. The van der Waals surface area contributed by atoms with Crippen LogP contribution in [0.15, 0.2) is 41.8 Å². The molecule has 158 valence electrons. The van der Waals surface area contributed by atoms with Gasteiger partial charge >= 0.3 is 0 Å². The monoisotopic (exact) mass is 450 g/mol. The van der Waals surface area contributed by atoms with Crippen molar-refractivity contribution in [3.8, 4) is 16.2 Å². The standard InChI is InChI=1S/C23H22N4O2S2/c1-27-10-9-16-15(12-27)18(17-4-3-11-30-17)19-20(24)21(31-23(19)26-16)22(28)25-13-5-7-14(29-2)8-6-13/h3-8,11H,9-10,12,24H2,1-2H3,(H,25,28). The van der Waals surface area contributed by atoms with E-state index in [0.29, 0.717) is 16.3 Å². The Morgan fingerprint density at radius 2 is 2.06 bits per heavy atom. The number of likely N-dealkylation sites (N-methyl/N-ethyl adjacent to an activating group) is 1. The first-order chi connectivity index (χ1) is 15.0. The quantitative estimate of drug-likeness (QED) is 0.464. The first-order valence-electron chi connectivity index (χ1n) is 9.96. The molecule has 0 aliphatic carbocycles. The van der Waals surface area contributed by atoms with Crippen LogP contribution in [0.1, 0.15) is 20.9 Å². The van der Waals surface area contributed by atoms with E-state index in [1.54, 1.807) is 18.4 Å². The highest BCUT2D eigenvalue weighted by Gasteiger charge is 2.27. The molecule has 1 aliphatic rings. The number of hydrogen-bond donors (Lipinski definition) is 2. The number of thiophene rings is 2. The van der Waals surface area contributed by atoms with Gasteiger partial charge in [-0.3, -0.25) is 4.79 Å². The molecule has 0 bridgehead atoms. The molecule has 5 rings (SSSR count). The molecule has 3 aromatic heterocycles. The van der Waals surface area contributed by atoms with Gasteiger partial charge in [-0.1, -0.05) is 6.07 Å². The third-order valence-electron chi connectivity index (χ3n) is 5.54. The zero-order chi connectivity index (χ0) is 21.5. The largest absolute Gasteiger partial charge is 0.497 e. The summed E-state index contributed by atoms with van der Waals surface area (Å²) in [4.78, 5) is 22.8. The summed E-state index contributed by atoms with van der Waals surface area (Å²) in [6.07, 6.45) is 0.894. The van der Waals surface area contributed by atoms with Gasteiger partial charge in [0.25, 0.3) is 5.91 Å². The fourth-order valence-electron chi connectivity index (χ4n) is 3.98. The lowest BCUT2D eigenvalue weighted by molar-refractivity contribution is 0.103. The van der Waals surface area contributed by atoms with Crippen LogP contribution in [0.5, 0.6) is 5.75 Å². The van der Waals surface area contributed by atoms with Crippen molar-refractivity contribution in [2.75, 3.05) is 31.8 Å². The molecule has 0 saturated carbocycles. The lowest BCUT2D eigenvalue weighted by Crippen LogP contribution is -2.27. The first-order valence-corrected chi connectivity index (χ1v) is 11.7. The van der Waals surface area contributed by atoms with Gasteiger partial charge in [0.05, 0.1) is 12.8 Å². The number of nitrogens with one attached hydrogen (secondary N) is 1. The van der Waals surface area contributed by atoms with Gasteiger partial charge in [0, 0.05) is 46.7 Å². The SMILES string of the molecule is COc1ccc(NC(=O)c2sc3nc4c(c(-c5cccs5)c3c2N)CN(C)CC4)cc1. The average Bonchev–Trinajstić information content (AvgIpc) is 3.41. The molecule has 1 aromatic carbocycles. The van der Waals surface area contributed by atoms with Crippen LogP contribution in [-0.4, -0.2) is 36.5 Å². The van der Waals surface area contributed by atoms with E-state index in [1.807, 2.05) is 30.3 Å². The van der Waals surface area contributed by atoms with Gasteiger partial charge in [0.15, 0.2) is 0 Å². The number of carbonyl (C=O) groups excluding carboxylic acids is 1. The highest BCUT2D eigenvalue weighted by Crippen LogP contribution is 2.44. The Morgan fingerprint density at radius 3 is 2.77 bits per heavy atom. The average molecular weight is 451 g/mol. The predicted molar refractivity (Wildman–Crippen MR) is 128 cm³/mol. The van der Waals surface area contributed by atoms with Crippen molar-refractivity contribution >= 4 is 50.2 Å². The second kappa shape index (κ2) is 7.96. The number of amides is 1. The topological polar surface area (TPSA) is 80.5 Å². The molecule has 1 aliphatic heterocycles. The number of ether oxygens (including phenoxy) is 1. The summed E-state index contributed by atoms with van der Waals surface area (Å²) in [5, 5.41) is 5.90. The van der Waals surface area contributed by atoms with Crippen molar-refractivity contribution in [1.82, 2.24) is 9.88 Å². The summed E-state index contributed by atoms with van der Waals surface area (Å²) in [6.45, 7) is 1.80. The van der Waals surface area contributed by atoms with E-state index in [-0.39, 0.29) is 5.91 Å². The number of nitrogens with zero attached hydrogens (tertiary/aromatic N) is 2. The van der Waals surface area contributed by atoms with Crippen LogP contribution in [0, 0.1) is 0 Å². The molecule has 0 unspecified atom stereocenters. The number of methoxy groups -OCH3 is 1. The summed E-state index contributed by atoms with van der Waals surface area (Å²) < 4.78 is 5.18. The van der Waals surface area contributed by atoms with Crippen LogP contribution in [0.2, 0.25) is 0 Å². The Balaban J connectivity index is 1.61. The number of pyridine rings is 1. The summed E-state index contributed by atoms with van der Waals surface area (Å²) in [6, 6.07) is 11.4. The fourth-order valence-corrected chi connectivity index (χ4v) is 5.81. The van der Waals surface area contributed by atoms with Crippen LogP contribution < -0.4 is 15.8 Å². The molecule has 0 saturated heterocycles. The smallest absolute Gasteiger partial charge is 0.267 e. The highest BCUT2D eigenvalue weighted by molar-refractivity contribution is 7.21. The zero-order valence-corrected chi connectivity index (χ0v) is 18.9. The van der Waals surface area contributed by atoms with Crippen LogP contribution in [0.4, 0.5) is 11.4 Å². The minimum Gasteiger partial charge on any atom is -0.497 e. The maximum Gasteiger partial charge on any atom is 0.267 e. The Kier molecular flexibility index (Phi) is 5.13. The van der Waals surface area contributed by atoms with E-state index in [1.165, 1.54) is 16.9 Å². The van der Waals surface area contributed by atoms with Crippen LogP contribution in [-0.2, 0) is 13.0 Å². The first kappa shape index (κ1) is 20.0. The van der Waals surface area contributed by atoms with Gasteiger partial charge in [0.2, 0.25) is 0 Å². The van der Waals surface area contributed by atoms with E-state index in [9.17, 15) is 4.79 Å². The lowest BCUT2D eigenvalue weighted by Gasteiger charge is -2.26. The van der Waals surface area contributed by atoms with E-state index < -0.39 is 0 Å². The zero-order valence-electron chi connectivity index (χ0n) is 17.3. The number of aromatic nitrogens is 1. The number of anilines is 2. The molecule has 1 amide bonds. The maximum absolute atomic E-state index is 13.1. The van der Waals surface area contributed by atoms with Crippen molar-refractivity contribution in [2.24, 2.45) is 0 Å². The Morgan fingerprint density at radius 1 is 1.26 bits per heavy atom. The van der Waals surface area contributed by atoms with Crippen molar-refractivity contribution in [1.29, 1.82) is 0 Å². The normalized spacial score (nSPS) is 13.9. The number of hydrogen-bond acceptors (Lipinski definition) is 7. The van der Waals surface area contributed by atoms with Crippen molar-refractivity contribution in [3.05, 3.63) is 57.9 Å². The van der Waals surface area contributed by atoms with E-state index in [4.69, 9.17) is 15.5 Å². The molecule has 3 N–H and O–H groups in total. The van der Waals surface area contributed by atoms with Gasteiger partial charge in [-0.05, 0) is 48.3 Å². The molecular weight excluding hydrogens is 428 g/mol. The second-order valence-electron chi connectivity index (χ2n) is 7.58. The van der Waals surface area contributed by atoms with Crippen molar-refractivity contribution in [3.63, 3.8) is 0 Å². The van der Waals surface area contributed by atoms with Crippen LogP contribution >= 0.6 is 22.7 Å². The number of benzene rings is 1. The summed E-state index contributed by atoms with van der Waals surface area (Å²) >= 11 is 3.05. The highest BCUT2D eigenvalue weighted by atomic mass is 32.1.